The second-order valence-electron chi connectivity index (χ2n) is 3.40. The van der Waals surface area contributed by atoms with Gasteiger partial charge in [-0.1, -0.05) is 26.0 Å². The van der Waals surface area contributed by atoms with Gasteiger partial charge in [0, 0.05) is 5.92 Å². The van der Waals surface area contributed by atoms with Crippen molar-refractivity contribution in [3.63, 3.8) is 0 Å². The van der Waals surface area contributed by atoms with E-state index in [0.717, 1.165) is 11.8 Å². The van der Waals surface area contributed by atoms with Crippen LogP contribution in [0.2, 0.25) is 0 Å². The van der Waals surface area contributed by atoms with Crippen molar-refractivity contribution in [2.24, 2.45) is 0 Å². The fraction of sp³-hybridized carbons (Fsp3) is 0.364. The Hall–Kier alpha value is -1.16. The molecular weight excluding hydrogens is 212 g/mol. The molecule has 4 heteroatoms. The summed E-state index contributed by atoms with van der Waals surface area (Å²) in [6.07, 6.45) is 0.837. The molecule has 0 bridgehead atoms. The van der Waals surface area contributed by atoms with Crippen molar-refractivity contribution in [2.75, 3.05) is 5.75 Å². The largest absolute Gasteiger partial charge is 0.303 e. The number of benzene rings is 1. The second kappa shape index (κ2) is 4.57. The highest BCUT2D eigenvalue weighted by molar-refractivity contribution is 7.91. The molecule has 1 rings (SSSR count). The summed E-state index contributed by atoms with van der Waals surface area (Å²) in [6.45, 7) is 3.38. The Bertz CT molecular complexity index is 431. The molecule has 0 aliphatic heterocycles. The van der Waals surface area contributed by atoms with Crippen LogP contribution in [-0.4, -0.2) is 20.5 Å². The Kier molecular flexibility index (Phi) is 3.63. The lowest BCUT2D eigenvalue weighted by molar-refractivity contribution is -0.108. The van der Waals surface area contributed by atoms with Crippen LogP contribution in [0.4, 0.5) is 0 Å². The molecular formula is C11H14O3S. The summed E-state index contributed by atoms with van der Waals surface area (Å²) in [7, 11) is -3.14. The molecule has 1 atom stereocenters. The van der Waals surface area contributed by atoms with Crippen LogP contribution in [0.5, 0.6) is 0 Å². The van der Waals surface area contributed by atoms with Gasteiger partial charge >= 0.3 is 0 Å². The minimum atomic E-state index is -3.14. The molecule has 0 spiro atoms. The molecule has 0 aliphatic carbocycles. The molecule has 15 heavy (non-hydrogen) atoms. The standard InChI is InChI=1S/C11H14O3S/c1-3-15(13,14)11-6-4-10(5-7-11)9(2)8-12/h4-9H,3H2,1-2H3. The van der Waals surface area contributed by atoms with Crippen LogP contribution in [-0.2, 0) is 14.6 Å². The lowest BCUT2D eigenvalue weighted by Gasteiger charge is -2.05. The Balaban J connectivity index is 3.05. The van der Waals surface area contributed by atoms with E-state index in [1.807, 2.05) is 0 Å². The van der Waals surface area contributed by atoms with Gasteiger partial charge in [0.1, 0.15) is 6.29 Å². The smallest absolute Gasteiger partial charge is 0.178 e. The van der Waals surface area contributed by atoms with Crippen LogP contribution in [0, 0.1) is 0 Å². The highest BCUT2D eigenvalue weighted by atomic mass is 32.2. The molecule has 0 N–H and O–H groups in total. The van der Waals surface area contributed by atoms with Crippen molar-refractivity contribution >= 4 is 16.1 Å². The predicted octanol–water partition coefficient (Wildman–Crippen LogP) is 1.78. The minimum Gasteiger partial charge on any atom is -0.303 e. The molecule has 0 heterocycles. The first-order valence-corrected chi connectivity index (χ1v) is 6.44. The number of rotatable bonds is 4. The van der Waals surface area contributed by atoms with Crippen LogP contribution in [0.15, 0.2) is 29.2 Å². The first-order valence-electron chi connectivity index (χ1n) is 4.79. The molecule has 0 radical (unpaired) electrons. The molecule has 1 unspecified atom stereocenters. The first kappa shape index (κ1) is 11.9. The zero-order chi connectivity index (χ0) is 11.5. The Morgan fingerprint density at radius 1 is 1.27 bits per heavy atom. The van der Waals surface area contributed by atoms with Crippen molar-refractivity contribution in [3.05, 3.63) is 29.8 Å². The summed E-state index contributed by atoms with van der Waals surface area (Å²) in [4.78, 5) is 10.8. The van der Waals surface area contributed by atoms with Crippen LogP contribution >= 0.6 is 0 Å². The number of carbonyl (C=O) groups excluding carboxylic acids is 1. The summed E-state index contributed by atoms with van der Waals surface area (Å²) in [5.74, 6) is -0.0985. The Labute approximate surface area is 90.0 Å². The summed E-state index contributed by atoms with van der Waals surface area (Å²) in [5, 5.41) is 0. The van der Waals surface area contributed by atoms with Crippen LogP contribution < -0.4 is 0 Å². The van der Waals surface area contributed by atoms with Gasteiger partial charge < -0.3 is 4.79 Å². The molecule has 3 nitrogen and oxygen atoms in total. The Morgan fingerprint density at radius 2 is 1.80 bits per heavy atom. The lowest BCUT2D eigenvalue weighted by atomic mass is 10.0. The first-order chi connectivity index (χ1) is 7.01. The van der Waals surface area contributed by atoms with Gasteiger partial charge in [0.2, 0.25) is 0 Å². The summed E-state index contributed by atoms with van der Waals surface area (Å²) in [6, 6.07) is 6.46. The van der Waals surface area contributed by atoms with Crippen molar-refractivity contribution in [2.45, 2.75) is 24.7 Å². The molecule has 82 valence electrons. The minimum absolute atomic E-state index is 0.0928. The van der Waals surface area contributed by atoms with Crippen molar-refractivity contribution < 1.29 is 13.2 Å². The average Bonchev–Trinajstić information content (AvgIpc) is 2.28. The highest BCUT2D eigenvalue weighted by Crippen LogP contribution is 2.17. The Morgan fingerprint density at radius 3 is 2.20 bits per heavy atom. The van der Waals surface area contributed by atoms with E-state index < -0.39 is 9.84 Å². The molecule has 1 aromatic carbocycles. The van der Waals surface area contributed by atoms with Crippen LogP contribution in [0.25, 0.3) is 0 Å². The monoisotopic (exact) mass is 226 g/mol. The van der Waals surface area contributed by atoms with Crippen LogP contribution in [0.1, 0.15) is 25.3 Å². The maximum Gasteiger partial charge on any atom is 0.178 e. The van der Waals surface area contributed by atoms with Gasteiger partial charge in [-0.05, 0) is 17.7 Å². The number of carbonyl (C=O) groups is 1. The van der Waals surface area contributed by atoms with Gasteiger partial charge in [0.25, 0.3) is 0 Å². The molecule has 0 saturated heterocycles. The van der Waals surface area contributed by atoms with Gasteiger partial charge in [-0.25, -0.2) is 8.42 Å². The quantitative estimate of drug-likeness (QED) is 0.735. The van der Waals surface area contributed by atoms with E-state index in [-0.39, 0.29) is 11.7 Å². The molecule has 1 aromatic rings. The van der Waals surface area contributed by atoms with E-state index in [1.54, 1.807) is 38.1 Å². The van der Waals surface area contributed by atoms with Gasteiger partial charge in [-0.2, -0.15) is 0 Å². The number of hydrogen-bond acceptors (Lipinski definition) is 3. The van der Waals surface area contributed by atoms with E-state index in [0.29, 0.717) is 4.90 Å². The molecule has 0 fully saturated rings. The molecule has 0 amide bonds. The number of sulfone groups is 1. The van der Waals surface area contributed by atoms with E-state index >= 15 is 0 Å². The predicted molar refractivity (Wildman–Crippen MR) is 58.6 cm³/mol. The summed E-state index contributed by atoms with van der Waals surface area (Å²) >= 11 is 0. The van der Waals surface area contributed by atoms with Crippen molar-refractivity contribution in [1.82, 2.24) is 0 Å². The SMILES string of the molecule is CCS(=O)(=O)c1ccc(C(C)C=O)cc1. The maximum atomic E-state index is 11.5. The average molecular weight is 226 g/mol. The number of hydrogen-bond donors (Lipinski definition) is 0. The van der Waals surface area contributed by atoms with E-state index in [2.05, 4.69) is 0 Å². The molecule has 0 aliphatic rings. The van der Waals surface area contributed by atoms with Crippen molar-refractivity contribution in [1.29, 1.82) is 0 Å². The van der Waals surface area contributed by atoms with Gasteiger partial charge in [-0.15, -0.1) is 0 Å². The van der Waals surface area contributed by atoms with Gasteiger partial charge in [0.05, 0.1) is 10.6 Å². The summed E-state index contributed by atoms with van der Waals surface area (Å²) < 4.78 is 23.0. The normalized spacial score (nSPS) is 13.5. The second-order valence-corrected chi connectivity index (χ2v) is 5.68. The zero-order valence-corrected chi connectivity index (χ0v) is 9.62. The summed E-state index contributed by atoms with van der Waals surface area (Å²) in [5.41, 5.74) is 0.833. The molecule has 0 saturated carbocycles. The third-order valence-corrected chi connectivity index (χ3v) is 4.10. The van der Waals surface area contributed by atoms with E-state index in [9.17, 15) is 13.2 Å². The fourth-order valence-electron chi connectivity index (χ4n) is 1.22. The van der Waals surface area contributed by atoms with Gasteiger partial charge in [-0.3, -0.25) is 0 Å². The third-order valence-electron chi connectivity index (χ3n) is 2.35. The molecule has 0 aromatic heterocycles. The topological polar surface area (TPSA) is 51.2 Å². The lowest BCUT2D eigenvalue weighted by Crippen LogP contribution is -2.04. The van der Waals surface area contributed by atoms with Gasteiger partial charge in [0.15, 0.2) is 9.84 Å². The van der Waals surface area contributed by atoms with E-state index in [1.165, 1.54) is 0 Å². The highest BCUT2D eigenvalue weighted by Gasteiger charge is 2.11. The van der Waals surface area contributed by atoms with E-state index in [4.69, 9.17) is 0 Å². The maximum absolute atomic E-state index is 11.5. The van der Waals surface area contributed by atoms with Crippen LogP contribution in [0.3, 0.4) is 0 Å². The number of aldehydes is 1. The third kappa shape index (κ3) is 2.65. The van der Waals surface area contributed by atoms with Crippen molar-refractivity contribution in [3.8, 4) is 0 Å². The fourth-order valence-corrected chi connectivity index (χ4v) is 2.11. The zero-order valence-electron chi connectivity index (χ0n) is 8.80.